The summed E-state index contributed by atoms with van der Waals surface area (Å²) in [4.78, 5) is 42.8. The lowest BCUT2D eigenvalue weighted by atomic mass is 10.1. The third-order valence-corrected chi connectivity index (χ3v) is 8.96. The fourth-order valence-corrected chi connectivity index (χ4v) is 5.71. The molecule has 9 nitrogen and oxygen atoms in total. The summed E-state index contributed by atoms with van der Waals surface area (Å²) in [5.41, 5.74) is 0. The maximum absolute atomic E-state index is 12.4. The van der Waals surface area contributed by atoms with Gasteiger partial charge in [0, 0.05) is 12.8 Å². The number of ether oxygens (including phenoxy) is 2. The summed E-state index contributed by atoms with van der Waals surface area (Å²) >= 11 is 0. The normalized spacial score (nSPS) is 13.9. The summed E-state index contributed by atoms with van der Waals surface area (Å²) in [5, 5.41) is 9.98. The largest absolute Gasteiger partial charge is 0.469 e. The third kappa shape index (κ3) is 42.2. The minimum absolute atomic E-state index is 0.152. The molecule has 0 aliphatic carbocycles. The van der Waals surface area contributed by atoms with Gasteiger partial charge in [-0.05, 0) is 77.0 Å². The molecule has 3 N–H and O–H groups in total. The third-order valence-electron chi connectivity index (χ3n) is 8.48. The number of carbonyl (C=O) groups is 2. The predicted molar refractivity (Wildman–Crippen MR) is 226 cm³/mol. The first-order chi connectivity index (χ1) is 26.7. The topological polar surface area (TPSA) is 140 Å². The Morgan fingerprint density at radius 2 is 1.11 bits per heavy atom. The lowest BCUT2D eigenvalue weighted by Crippen LogP contribution is -2.29. The number of phosphoric acid groups is 1. The van der Waals surface area contributed by atoms with Crippen LogP contribution >= 0.6 is 7.82 Å². The molecule has 0 aliphatic rings. The number of hydrogen-bond donors (Lipinski definition) is 3. The van der Waals surface area contributed by atoms with Crippen LogP contribution in [0.5, 0.6) is 0 Å². The highest BCUT2D eigenvalue weighted by atomic mass is 31.2. The van der Waals surface area contributed by atoms with Gasteiger partial charge in [0.05, 0.1) is 12.7 Å². The standard InChI is InChI=1S/C45H75O9P/c1-3-5-7-9-11-12-13-14-15-16-17-18-19-20-21-22-27-31-35-39-45(48)54-43(41-53-55(49,50)51)40-52-44(47)38-34-30-26-24-23-25-29-33-37-42(46)36-32-28-10-8-6-4-2/h6,8,11-12,14-15,24-26,28-29,32-33,37,42-43,46H,3-5,7,9-10,13,16-23,27,30-31,34-36,38-41H2,1-2H3,(H2,49,50,51)/b8-6-,12-11-,15-14-,26-24-,29-25-,32-28-,37-33+/t42?,43-/m1/s1. The maximum Gasteiger partial charge on any atom is 0.469 e. The van der Waals surface area contributed by atoms with Gasteiger partial charge in [0.2, 0.25) is 0 Å². The van der Waals surface area contributed by atoms with Crippen molar-refractivity contribution in [3.05, 3.63) is 85.1 Å². The highest BCUT2D eigenvalue weighted by molar-refractivity contribution is 7.46. The van der Waals surface area contributed by atoms with Gasteiger partial charge in [-0.25, -0.2) is 4.57 Å². The van der Waals surface area contributed by atoms with Gasteiger partial charge in [-0.2, -0.15) is 0 Å². The molecule has 314 valence electrons. The van der Waals surface area contributed by atoms with Crippen molar-refractivity contribution in [2.24, 2.45) is 0 Å². The van der Waals surface area contributed by atoms with E-state index in [-0.39, 0.29) is 19.4 Å². The number of hydrogen-bond acceptors (Lipinski definition) is 7. The molecule has 2 atom stereocenters. The van der Waals surface area contributed by atoms with Crippen LogP contribution in [0.4, 0.5) is 0 Å². The second-order valence-electron chi connectivity index (χ2n) is 13.8. The van der Waals surface area contributed by atoms with Crippen LogP contribution in [-0.2, 0) is 28.2 Å². The van der Waals surface area contributed by atoms with E-state index in [1.54, 1.807) is 6.08 Å². The Balaban J connectivity index is 4.09. The number of aliphatic hydroxyl groups excluding tert-OH is 1. The predicted octanol–water partition coefficient (Wildman–Crippen LogP) is 11.8. The zero-order valence-corrected chi connectivity index (χ0v) is 35.0. The molecule has 0 fully saturated rings. The molecule has 0 aromatic heterocycles. The molecule has 0 saturated heterocycles. The van der Waals surface area contributed by atoms with Crippen molar-refractivity contribution < 1.29 is 43.0 Å². The van der Waals surface area contributed by atoms with Crippen LogP contribution in [-0.4, -0.2) is 52.3 Å². The maximum atomic E-state index is 12.4. The summed E-state index contributed by atoms with van der Waals surface area (Å²) in [7, 11) is -4.79. The number of phosphoric ester groups is 1. The first kappa shape index (κ1) is 52.2. The van der Waals surface area contributed by atoms with Gasteiger partial charge in [0.15, 0.2) is 6.10 Å². The van der Waals surface area contributed by atoms with Gasteiger partial charge < -0.3 is 24.4 Å². The van der Waals surface area contributed by atoms with Crippen LogP contribution in [0.2, 0.25) is 0 Å². The van der Waals surface area contributed by atoms with Crippen molar-refractivity contribution in [1.82, 2.24) is 0 Å². The number of aliphatic hydroxyl groups is 1. The minimum atomic E-state index is -4.79. The van der Waals surface area contributed by atoms with Crippen molar-refractivity contribution >= 4 is 19.8 Å². The average molecular weight is 791 g/mol. The van der Waals surface area contributed by atoms with E-state index >= 15 is 0 Å². The first-order valence-electron chi connectivity index (χ1n) is 21.0. The summed E-state index contributed by atoms with van der Waals surface area (Å²) in [6.07, 6.45) is 49.1. The smallest absolute Gasteiger partial charge is 0.462 e. The average Bonchev–Trinajstić information content (AvgIpc) is 3.15. The summed E-state index contributed by atoms with van der Waals surface area (Å²) in [6, 6.07) is 0. The highest BCUT2D eigenvalue weighted by Gasteiger charge is 2.22. The Morgan fingerprint density at radius 3 is 1.73 bits per heavy atom. The van der Waals surface area contributed by atoms with Crippen molar-refractivity contribution in [2.75, 3.05) is 13.2 Å². The Hall–Kier alpha value is -2.81. The summed E-state index contributed by atoms with van der Waals surface area (Å²) < 4.78 is 26.3. The van der Waals surface area contributed by atoms with Crippen LogP contribution in [0, 0.1) is 0 Å². The van der Waals surface area contributed by atoms with Crippen molar-refractivity contribution in [2.45, 2.75) is 174 Å². The Morgan fingerprint density at radius 1 is 0.582 bits per heavy atom. The van der Waals surface area contributed by atoms with Gasteiger partial charge >= 0.3 is 19.8 Å². The fourth-order valence-electron chi connectivity index (χ4n) is 5.35. The SMILES string of the molecule is CC/C=C\C/C=C\CC(O)/C=C/C=C\C/C=C\CCCC(=O)OC[C@H](COP(=O)(O)O)OC(=O)CCCCCCCCCCC/C=C\C/C=C\CCCCC. The quantitative estimate of drug-likeness (QED) is 0.0184. The molecule has 0 bridgehead atoms. The van der Waals surface area contributed by atoms with Crippen LogP contribution in [0.15, 0.2) is 85.1 Å². The summed E-state index contributed by atoms with van der Waals surface area (Å²) in [5.74, 6) is -1.00. The van der Waals surface area contributed by atoms with Crippen LogP contribution in [0.25, 0.3) is 0 Å². The number of unbranched alkanes of at least 4 members (excludes halogenated alkanes) is 13. The molecule has 0 rings (SSSR count). The van der Waals surface area contributed by atoms with Crippen LogP contribution in [0.3, 0.4) is 0 Å². The summed E-state index contributed by atoms with van der Waals surface area (Å²) in [6.45, 7) is 3.41. The number of rotatable bonds is 37. The van der Waals surface area contributed by atoms with Gasteiger partial charge in [-0.1, -0.05) is 157 Å². The van der Waals surface area contributed by atoms with Gasteiger partial charge in [-0.3, -0.25) is 14.1 Å². The molecule has 0 heterocycles. The van der Waals surface area contributed by atoms with Crippen LogP contribution < -0.4 is 0 Å². The van der Waals surface area contributed by atoms with Crippen molar-refractivity contribution in [3.8, 4) is 0 Å². The molecule has 0 radical (unpaired) electrons. The van der Waals surface area contributed by atoms with E-state index in [9.17, 15) is 19.3 Å². The lowest BCUT2D eigenvalue weighted by molar-refractivity contribution is -0.161. The van der Waals surface area contributed by atoms with Crippen molar-refractivity contribution in [3.63, 3.8) is 0 Å². The van der Waals surface area contributed by atoms with Gasteiger partial charge in [0.1, 0.15) is 6.61 Å². The molecular weight excluding hydrogens is 715 g/mol. The first-order valence-corrected chi connectivity index (χ1v) is 22.5. The van der Waals surface area contributed by atoms with E-state index in [4.69, 9.17) is 19.3 Å². The zero-order chi connectivity index (χ0) is 40.5. The van der Waals surface area contributed by atoms with Crippen LogP contribution in [0.1, 0.15) is 162 Å². The fraction of sp³-hybridized carbons (Fsp3) is 0.644. The number of esters is 2. The molecule has 55 heavy (non-hydrogen) atoms. The number of carbonyl (C=O) groups excluding carboxylic acids is 2. The molecule has 10 heteroatoms. The minimum Gasteiger partial charge on any atom is -0.462 e. The molecule has 0 saturated carbocycles. The Bertz CT molecular complexity index is 1180. The van der Waals surface area contributed by atoms with E-state index in [1.807, 2.05) is 42.5 Å². The van der Waals surface area contributed by atoms with Crippen molar-refractivity contribution in [1.29, 1.82) is 0 Å². The van der Waals surface area contributed by atoms with Gasteiger partial charge in [0.25, 0.3) is 0 Å². The lowest BCUT2D eigenvalue weighted by Gasteiger charge is -2.18. The number of allylic oxidation sites excluding steroid dienone is 12. The molecule has 0 aliphatic heterocycles. The Kier molecular flexibility index (Phi) is 37.4. The Labute approximate surface area is 334 Å². The molecule has 1 unspecified atom stereocenters. The zero-order valence-electron chi connectivity index (χ0n) is 34.2. The van der Waals surface area contributed by atoms with E-state index in [0.29, 0.717) is 25.7 Å². The molecular formula is C45H75O9P. The second-order valence-corrected chi connectivity index (χ2v) is 15.0. The van der Waals surface area contributed by atoms with Gasteiger partial charge in [-0.15, -0.1) is 0 Å². The van der Waals surface area contributed by atoms with E-state index in [2.05, 4.69) is 54.8 Å². The molecule has 0 aromatic rings. The monoisotopic (exact) mass is 791 g/mol. The van der Waals surface area contributed by atoms with E-state index in [0.717, 1.165) is 51.4 Å². The highest BCUT2D eigenvalue weighted by Crippen LogP contribution is 2.36. The van der Waals surface area contributed by atoms with E-state index in [1.165, 1.54) is 57.8 Å². The van der Waals surface area contributed by atoms with E-state index < -0.39 is 38.6 Å². The molecule has 0 spiro atoms. The molecule has 0 aromatic carbocycles. The second kappa shape index (κ2) is 39.4. The molecule has 0 amide bonds.